The van der Waals surface area contributed by atoms with Crippen molar-refractivity contribution in [3.8, 4) is 0 Å². The molecule has 0 amide bonds. The fourth-order valence-electron chi connectivity index (χ4n) is 1.55. The molecular formula is C12H19ClN2. The van der Waals surface area contributed by atoms with Crippen molar-refractivity contribution >= 4 is 17.3 Å². The number of rotatable bonds is 3. The molecule has 1 rings (SSSR count). The van der Waals surface area contributed by atoms with Gasteiger partial charge in [0.2, 0.25) is 0 Å². The van der Waals surface area contributed by atoms with Gasteiger partial charge in [0.15, 0.2) is 0 Å². The molecule has 0 heterocycles. The number of nitrogens with zero attached hydrogens (tertiary/aromatic N) is 1. The highest BCUT2D eigenvalue weighted by Crippen LogP contribution is 2.26. The molecule has 0 aliphatic heterocycles. The molecule has 0 radical (unpaired) electrons. The van der Waals surface area contributed by atoms with Crippen LogP contribution >= 0.6 is 11.6 Å². The third-order valence-corrected chi connectivity index (χ3v) is 2.46. The Morgan fingerprint density at radius 3 is 2.33 bits per heavy atom. The van der Waals surface area contributed by atoms with Crippen LogP contribution in [-0.2, 0) is 6.42 Å². The summed E-state index contributed by atoms with van der Waals surface area (Å²) in [5, 5.41) is 0.779. The molecule has 0 aliphatic rings. The van der Waals surface area contributed by atoms with Crippen molar-refractivity contribution in [3.05, 3.63) is 28.8 Å². The van der Waals surface area contributed by atoms with Gasteiger partial charge in [0.25, 0.3) is 0 Å². The fraction of sp³-hybridized carbons (Fsp3) is 0.500. The lowest BCUT2D eigenvalue weighted by molar-refractivity contribution is 0.517. The van der Waals surface area contributed by atoms with Gasteiger partial charge in [-0.15, -0.1) is 0 Å². The van der Waals surface area contributed by atoms with Gasteiger partial charge >= 0.3 is 0 Å². The quantitative estimate of drug-likeness (QED) is 0.859. The maximum atomic E-state index is 6.17. The van der Waals surface area contributed by atoms with E-state index in [-0.39, 0.29) is 5.54 Å². The van der Waals surface area contributed by atoms with Crippen molar-refractivity contribution in [2.75, 3.05) is 19.0 Å². The molecule has 3 heteroatoms. The van der Waals surface area contributed by atoms with E-state index in [1.54, 1.807) is 0 Å². The minimum Gasteiger partial charge on any atom is -0.376 e. The molecular weight excluding hydrogens is 208 g/mol. The van der Waals surface area contributed by atoms with Crippen LogP contribution in [0.2, 0.25) is 5.02 Å². The summed E-state index contributed by atoms with van der Waals surface area (Å²) >= 11 is 6.17. The predicted molar refractivity (Wildman–Crippen MR) is 67.7 cm³/mol. The van der Waals surface area contributed by atoms with Crippen molar-refractivity contribution in [3.63, 3.8) is 0 Å². The molecule has 0 aromatic heterocycles. The standard InChI is InChI=1S/C12H19ClN2/c1-12(2,14)8-9-5-6-11(15(3)4)10(13)7-9/h5-7H,8,14H2,1-4H3. The van der Waals surface area contributed by atoms with E-state index in [9.17, 15) is 0 Å². The first-order valence-corrected chi connectivity index (χ1v) is 5.42. The highest BCUT2D eigenvalue weighted by atomic mass is 35.5. The zero-order valence-corrected chi connectivity index (χ0v) is 10.6. The van der Waals surface area contributed by atoms with Gasteiger partial charge in [-0.1, -0.05) is 17.7 Å². The summed E-state index contributed by atoms with van der Waals surface area (Å²) in [5.74, 6) is 0. The Morgan fingerprint density at radius 2 is 1.93 bits per heavy atom. The smallest absolute Gasteiger partial charge is 0.0642 e. The lowest BCUT2D eigenvalue weighted by atomic mass is 9.96. The Labute approximate surface area is 97.0 Å². The number of hydrogen-bond acceptors (Lipinski definition) is 2. The molecule has 0 saturated heterocycles. The van der Waals surface area contributed by atoms with Gasteiger partial charge in [0.1, 0.15) is 0 Å². The molecule has 0 unspecified atom stereocenters. The molecule has 0 spiro atoms. The van der Waals surface area contributed by atoms with Crippen molar-refractivity contribution in [2.24, 2.45) is 5.73 Å². The van der Waals surface area contributed by atoms with E-state index < -0.39 is 0 Å². The summed E-state index contributed by atoms with van der Waals surface area (Å²) in [6, 6.07) is 6.10. The average Bonchev–Trinajstić information content (AvgIpc) is 1.99. The van der Waals surface area contributed by atoms with E-state index in [1.165, 1.54) is 5.56 Å². The largest absolute Gasteiger partial charge is 0.376 e. The lowest BCUT2D eigenvalue weighted by Crippen LogP contribution is -2.34. The second-order valence-electron chi connectivity index (χ2n) is 4.85. The Bertz CT molecular complexity index is 340. The summed E-state index contributed by atoms with van der Waals surface area (Å²) < 4.78 is 0. The molecule has 0 bridgehead atoms. The molecule has 1 aromatic carbocycles. The second-order valence-corrected chi connectivity index (χ2v) is 5.25. The first kappa shape index (κ1) is 12.3. The van der Waals surface area contributed by atoms with Gasteiger partial charge in [-0.05, 0) is 38.0 Å². The fourth-order valence-corrected chi connectivity index (χ4v) is 1.92. The molecule has 84 valence electrons. The zero-order chi connectivity index (χ0) is 11.6. The van der Waals surface area contributed by atoms with Crippen molar-refractivity contribution in [2.45, 2.75) is 25.8 Å². The van der Waals surface area contributed by atoms with Crippen LogP contribution in [0.4, 0.5) is 5.69 Å². The highest BCUT2D eigenvalue weighted by Gasteiger charge is 2.12. The highest BCUT2D eigenvalue weighted by molar-refractivity contribution is 6.33. The summed E-state index contributed by atoms with van der Waals surface area (Å²) in [5.41, 5.74) is 7.99. The van der Waals surface area contributed by atoms with Gasteiger partial charge in [0.05, 0.1) is 10.7 Å². The monoisotopic (exact) mass is 226 g/mol. The maximum absolute atomic E-state index is 6.17. The van der Waals surface area contributed by atoms with Crippen LogP contribution < -0.4 is 10.6 Å². The molecule has 0 saturated carbocycles. The van der Waals surface area contributed by atoms with Crippen LogP contribution in [0.15, 0.2) is 18.2 Å². The summed E-state index contributed by atoms with van der Waals surface area (Å²) in [6.45, 7) is 4.03. The molecule has 15 heavy (non-hydrogen) atoms. The molecule has 0 fully saturated rings. The topological polar surface area (TPSA) is 29.3 Å². The van der Waals surface area contributed by atoms with Crippen LogP contribution in [-0.4, -0.2) is 19.6 Å². The van der Waals surface area contributed by atoms with Gasteiger partial charge in [-0.25, -0.2) is 0 Å². The molecule has 0 aliphatic carbocycles. The van der Waals surface area contributed by atoms with Crippen LogP contribution in [0.25, 0.3) is 0 Å². The third kappa shape index (κ3) is 3.73. The maximum Gasteiger partial charge on any atom is 0.0642 e. The first-order chi connectivity index (χ1) is 6.79. The Hall–Kier alpha value is -0.730. The van der Waals surface area contributed by atoms with Gasteiger partial charge < -0.3 is 10.6 Å². The predicted octanol–water partition coefficient (Wildman–Crippen LogP) is 2.69. The number of nitrogens with two attached hydrogens (primary N) is 1. The van der Waals surface area contributed by atoms with Crippen LogP contribution in [0.1, 0.15) is 19.4 Å². The molecule has 1 aromatic rings. The lowest BCUT2D eigenvalue weighted by Gasteiger charge is -2.20. The number of anilines is 1. The minimum absolute atomic E-state index is 0.192. The Balaban J connectivity index is 2.92. The van der Waals surface area contributed by atoms with E-state index in [0.29, 0.717) is 0 Å². The van der Waals surface area contributed by atoms with Crippen molar-refractivity contribution < 1.29 is 0 Å². The van der Waals surface area contributed by atoms with Gasteiger partial charge in [0, 0.05) is 19.6 Å². The number of halogens is 1. The SMILES string of the molecule is CN(C)c1ccc(CC(C)(C)N)cc1Cl. The van der Waals surface area contributed by atoms with Crippen LogP contribution in [0.3, 0.4) is 0 Å². The van der Waals surface area contributed by atoms with Gasteiger partial charge in [-0.2, -0.15) is 0 Å². The van der Waals surface area contributed by atoms with E-state index in [2.05, 4.69) is 6.07 Å². The number of benzene rings is 1. The summed E-state index contributed by atoms with van der Waals surface area (Å²) in [7, 11) is 3.96. The first-order valence-electron chi connectivity index (χ1n) is 5.04. The summed E-state index contributed by atoms with van der Waals surface area (Å²) in [4.78, 5) is 2.00. The average molecular weight is 227 g/mol. The normalized spacial score (nSPS) is 11.6. The third-order valence-electron chi connectivity index (χ3n) is 2.15. The van der Waals surface area contributed by atoms with Crippen molar-refractivity contribution in [1.82, 2.24) is 0 Å². The summed E-state index contributed by atoms with van der Waals surface area (Å²) in [6.07, 6.45) is 0.834. The molecule has 2 nitrogen and oxygen atoms in total. The Morgan fingerprint density at radius 1 is 1.33 bits per heavy atom. The zero-order valence-electron chi connectivity index (χ0n) is 9.84. The minimum atomic E-state index is -0.192. The van der Waals surface area contributed by atoms with Gasteiger partial charge in [-0.3, -0.25) is 0 Å². The van der Waals surface area contributed by atoms with E-state index in [0.717, 1.165) is 17.1 Å². The molecule has 2 N–H and O–H groups in total. The van der Waals surface area contributed by atoms with Crippen LogP contribution in [0, 0.1) is 0 Å². The Kier molecular flexibility index (Phi) is 3.63. The second kappa shape index (κ2) is 4.42. The molecule has 0 atom stereocenters. The van der Waals surface area contributed by atoms with Crippen LogP contribution in [0.5, 0.6) is 0 Å². The number of hydrogen-bond donors (Lipinski definition) is 1. The van der Waals surface area contributed by atoms with Crippen molar-refractivity contribution in [1.29, 1.82) is 0 Å². The van der Waals surface area contributed by atoms with E-state index >= 15 is 0 Å². The van der Waals surface area contributed by atoms with E-state index in [1.807, 2.05) is 45.0 Å². The van der Waals surface area contributed by atoms with E-state index in [4.69, 9.17) is 17.3 Å².